The van der Waals surface area contributed by atoms with Gasteiger partial charge in [-0.1, -0.05) is 0 Å². The summed E-state index contributed by atoms with van der Waals surface area (Å²) < 4.78 is 5.31. The van der Waals surface area contributed by atoms with Crippen LogP contribution in [0.4, 0.5) is 0 Å². The predicted molar refractivity (Wildman–Crippen MR) is 66.0 cm³/mol. The Morgan fingerprint density at radius 3 is 2.44 bits per heavy atom. The Morgan fingerprint density at radius 2 is 1.94 bits per heavy atom. The van der Waals surface area contributed by atoms with E-state index in [1.807, 2.05) is 19.9 Å². The Bertz CT molecular complexity index is 375. The third-order valence-corrected chi connectivity index (χ3v) is 3.13. The predicted octanol–water partition coefficient (Wildman–Crippen LogP) is 1.48. The van der Waals surface area contributed by atoms with Gasteiger partial charge in [0.2, 0.25) is 0 Å². The van der Waals surface area contributed by atoms with Gasteiger partial charge in [-0.05, 0) is 55.5 Å². The number of methoxy groups -OCH3 is 1. The Kier molecular flexibility index (Phi) is 4.33. The molecule has 3 N–H and O–H groups in total. The highest BCUT2D eigenvalue weighted by Crippen LogP contribution is 2.27. The summed E-state index contributed by atoms with van der Waals surface area (Å²) in [4.78, 5) is 0. The summed E-state index contributed by atoms with van der Waals surface area (Å²) in [6.07, 6.45) is 0.707. The number of nitrogens with two attached hydrogens (primary N) is 1. The van der Waals surface area contributed by atoms with Crippen LogP contribution in [0.3, 0.4) is 0 Å². The van der Waals surface area contributed by atoms with Gasteiger partial charge in [-0.25, -0.2) is 0 Å². The number of aliphatic hydroxyl groups is 1. The minimum atomic E-state index is -0.190. The van der Waals surface area contributed by atoms with Crippen LogP contribution < -0.4 is 10.5 Å². The fourth-order valence-electron chi connectivity index (χ4n) is 1.95. The van der Waals surface area contributed by atoms with Crippen molar-refractivity contribution >= 4 is 0 Å². The summed E-state index contributed by atoms with van der Waals surface area (Å²) in [5.74, 6) is 0.913. The number of benzene rings is 1. The van der Waals surface area contributed by atoms with E-state index in [-0.39, 0.29) is 12.6 Å². The second-order valence-electron chi connectivity index (χ2n) is 4.27. The molecule has 1 atom stereocenters. The average molecular weight is 223 g/mol. The molecule has 1 unspecified atom stereocenters. The molecular weight excluding hydrogens is 202 g/mol. The van der Waals surface area contributed by atoms with E-state index in [0.717, 1.165) is 11.3 Å². The molecule has 0 bridgehead atoms. The van der Waals surface area contributed by atoms with Gasteiger partial charge in [-0.3, -0.25) is 0 Å². The number of ether oxygens (including phenoxy) is 1. The first-order chi connectivity index (χ1) is 7.51. The number of rotatable bonds is 4. The number of aliphatic hydroxyl groups excluding tert-OH is 1. The maximum atomic E-state index is 9.00. The first-order valence-electron chi connectivity index (χ1n) is 5.51. The van der Waals surface area contributed by atoms with Crippen molar-refractivity contribution in [2.75, 3.05) is 13.7 Å². The Morgan fingerprint density at radius 1 is 1.31 bits per heavy atom. The molecule has 0 saturated carbocycles. The lowest BCUT2D eigenvalue weighted by molar-refractivity contribution is 0.265. The maximum Gasteiger partial charge on any atom is 0.122 e. The van der Waals surface area contributed by atoms with E-state index in [9.17, 15) is 0 Å². The standard InChI is InChI=1S/C13H21NO2/c1-8-5-13(16-4)10(3)9(2)12(8)6-11(14)7-15/h5,11,15H,6-7,14H2,1-4H3. The quantitative estimate of drug-likeness (QED) is 0.813. The molecule has 0 aliphatic carbocycles. The summed E-state index contributed by atoms with van der Waals surface area (Å²) >= 11 is 0. The monoisotopic (exact) mass is 223 g/mol. The van der Waals surface area contributed by atoms with Gasteiger partial charge in [-0.2, -0.15) is 0 Å². The molecule has 0 spiro atoms. The molecule has 3 heteroatoms. The van der Waals surface area contributed by atoms with E-state index in [0.29, 0.717) is 6.42 Å². The first kappa shape index (κ1) is 13.0. The zero-order chi connectivity index (χ0) is 12.3. The van der Waals surface area contributed by atoms with Crippen molar-refractivity contribution in [3.8, 4) is 5.75 Å². The fraction of sp³-hybridized carbons (Fsp3) is 0.538. The van der Waals surface area contributed by atoms with Crippen LogP contribution in [0.5, 0.6) is 5.75 Å². The first-order valence-corrected chi connectivity index (χ1v) is 5.51. The molecule has 0 saturated heterocycles. The molecule has 1 aromatic carbocycles. The highest BCUT2D eigenvalue weighted by molar-refractivity contribution is 5.48. The van der Waals surface area contributed by atoms with Gasteiger partial charge >= 0.3 is 0 Å². The summed E-state index contributed by atoms with van der Waals surface area (Å²) in [7, 11) is 1.68. The smallest absolute Gasteiger partial charge is 0.122 e. The van der Waals surface area contributed by atoms with Gasteiger partial charge in [0.15, 0.2) is 0 Å². The molecule has 0 amide bonds. The average Bonchev–Trinajstić information content (AvgIpc) is 2.28. The summed E-state index contributed by atoms with van der Waals surface area (Å²) in [6.45, 7) is 6.18. The van der Waals surface area contributed by atoms with Crippen LogP contribution in [-0.2, 0) is 6.42 Å². The number of hydrogen-bond acceptors (Lipinski definition) is 3. The molecule has 0 aromatic heterocycles. The van der Waals surface area contributed by atoms with Crippen LogP contribution in [0.1, 0.15) is 22.3 Å². The van der Waals surface area contributed by atoms with Crippen LogP contribution in [0, 0.1) is 20.8 Å². The van der Waals surface area contributed by atoms with Gasteiger partial charge in [0.1, 0.15) is 5.75 Å². The molecule has 0 radical (unpaired) electrons. The molecule has 3 nitrogen and oxygen atoms in total. The van der Waals surface area contributed by atoms with Crippen LogP contribution in [0.25, 0.3) is 0 Å². The largest absolute Gasteiger partial charge is 0.496 e. The third-order valence-electron chi connectivity index (χ3n) is 3.13. The van der Waals surface area contributed by atoms with Crippen LogP contribution in [0.15, 0.2) is 6.07 Å². The summed E-state index contributed by atoms with van der Waals surface area (Å²) in [6, 6.07) is 1.84. The van der Waals surface area contributed by atoms with Crippen molar-refractivity contribution in [2.24, 2.45) is 5.73 Å². The van der Waals surface area contributed by atoms with E-state index in [2.05, 4.69) is 6.92 Å². The molecule has 16 heavy (non-hydrogen) atoms. The SMILES string of the molecule is COc1cc(C)c(CC(N)CO)c(C)c1C. The second kappa shape index (κ2) is 5.32. The lowest BCUT2D eigenvalue weighted by atomic mass is 9.93. The Hall–Kier alpha value is -1.06. The molecule has 0 aliphatic heterocycles. The number of aryl methyl sites for hydroxylation is 1. The lowest BCUT2D eigenvalue weighted by Crippen LogP contribution is -2.27. The molecule has 0 heterocycles. The van der Waals surface area contributed by atoms with E-state index in [1.54, 1.807) is 7.11 Å². The van der Waals surface area contributed by atoms with E-state index in [4.69, 9.17) is 15.6 Å². The minimum absolute atomic E-state index is 0.0178. The van der Waals surface area contributed by atoms with E-state index >= 15 is 0 Å². The normalized spacial score (nSPS) is 12.6. The zero-order valence-corrected chi connectivity index (χ0v) is 10.5. The van der Waals surface area contributed by atoms with Crippen molar-refractivity contribution in [3.05, 3.63) is 28.3 Å². The van der Waals surface area contributed by atoms with Crippen molar-refractivity contribution in [1.29, 1.82) is 0 Å². The minimum Gasteiger partial charge on any atom is -0.496 e. The fourth-order valence-corrected chi connectivity index (χ4v) is 1.95. The lowest BCUT2D eigenvalue weighted by Gasteiger charge is -2.18. The van der Waals surface area contributed by atoms with Crippen LogP contribution >= 0.6 is 0 Å². The van der Waals surface area contributed by atoms with Gasteiger partial charge in [0, 0.05) is 6.04 Å². The highest BCUT2D eigenvalue weighted by Gasteiger charge is 2.13. The molecule has 1 aromatic rings. The molecule has 1 rings (SSSR count). The van der Waals surface area contributed by atoms with Gasteiger partial charge < -0.3 is 15.6 Å². The Labute approximate surface area is 97.2 Å². The highest BCUT2D eigenvalue weighted by atomic mass is 16.5. The molecule has 0 fully saturated rings. The van der Waals surface area contributed by atoms with Crippen molar-refractivity contribution in [3.63, 3.8) is 0 Å². The second-order valence-corrected chi connectivity index (χ2v) is 4.27. The van der Waals surface area contributed by atoms with Gasteiger partial charge in [-0.15, -0.1) is 0 Å². The maximum absolute atomic E-state index is 9.00. The van der Waals surface area contributed by atoms with Gasteiger partial charge in [0.25, 0.3) is 0 Å². The van der Waals surface area contributed by atoms with Crippen LogP contribution in [-0.4, -0.2) is 24.9 Å². The third kappa shape index (κ3) is 2.54. The van der Waals surface area contributed by atoms with Gasteiger partial charge in [0.05, 0.1) is 13.7 Å². The molecule has 90 valence electrons. The Balaban J connectivity index is 3.15. The van der Waals surface area contributed by atoms with Crippen molar-refractivity contribution < 1.29 is 9.84 Å². The zero-order valence-electron chi connectivity index (χ0n) is 10.5. The van der Waals surface area contributed by atoms with Crippen LogP contribution in [0.2, 0.25) is 0 Å². The molecular formula is C13H21NO2. The van der Waals surface area contributed by atoms with Crippen molar-refractivity contribution in [2.45, 2.75) is 33.2 Å². The summed E-state index contributed by atoms with van der Waals surface area (Å²) in [5.41, 5.74) is 10.5. The summed E-state index contributed by atoms with van der Waals surface area (Å²) in [5, 5.41) is 9.00. The number of hydrogen-bond donors (Lipinski definition) is 2. The van der Waals surface area contributed by atoms with E-state index in [1.165, 1.54) is 16.7 Å². The van der Waals surface area contributed by atoms with Crippen molar-refractivity contribution in [1.82, 2.24) is 0 Å². The molecule has 0 aliphatic rings. The van der Waals surface area contributed by atoms with E-state index < -0.39 is 0 Å². The topological polar surface area (TPSA) is 55.5 Å².